The molecular weight excluding hydrogens is 322 g/mol. The Bertz CT molecular complexity index is 629. The third-order valence-electron chi connectivity index (χ3n) is 4.65. The number of carbonyl (C=O) groups excluding carboxylic acids is 2. The van der Waals surface area contributed by atoms with Crippen LogP contribution in [0.2, 0.25) is 0 Å². The summed E-state index contributed by atoms with van der Waals surface area (Å²) in [6.45, 7) is 7.91. The van der Waals surface area contributed by atoms with Crippen LogP contribution in [0, 0.1) is 0 Å². The summed E-state index contributed by atoms with van der Waals surface area (Å²) in [6.07, 6.45) is -0.988. The minimum atomic E-state index is -0.649. The molecule has 0 radical (unpaired) electrons. The summed E-state index contributed by atoms with van der Waals surface area (Å²) >= 11 is 0. The van der Waals surface area contributed by atoms with Crippen molar-refractivity contribution in [2.45, 2.75) is 26.1 Å². The first-order chi connectivity index (χ1) is 12.0. The second kappa shape index (κ2) is 7.74. The highest BCUT2D eigenvalue weighted by Crippen LogP contribution is 2.33. The van der Waals surface area contributed by atoms with Crippen molar-refractivity contribution in [3.8, 4) is 11.5 Å². The van der Waals surface area contributed by atoms with Crippen LogP contribution < -0.4 is 14.8 Å². The molecule has 1 fully saturated rings. The Kier molecular flexibility index (Phi) is 5.43. The number of carbonyl (C=O) groups is 2. The van der Waals surface area contributed by atoms with Gasteiger partial charge in [-0.15, -0.1) is 0 Å². The predicted molar refractivity (Wildman–Crippen MR) is 92.7 cm³/mol. The van der Waals surface area contributed by atoms with Crippen molar-refractivity contribution >= 4 is 11.8 Å². The van der Waals surface area contributed by atoms with Gasteiger partial charge in [-0.25, -0.2) is 0 Å². The number of nitrogens with zero attached hydrogens (tertiary/aromatic N) is 2. The van der Waals surface area contributed by atoms with Gasteiger partial charge in [-0.1, -0.05) is 12.1 Å². The average molecular weight is 347 g/mol. The van der Waals surface area contributed by atoms with Crippen LogP contribution in [0.5, 0.6) is 11.5 Å². The van der Waals surface area contributed by atoms with Gasteiger partial charge in [-0.2, -0.15) is 0 Å². The van der Waals surface area contributed by atoms with Gasteiger partial charge in [0, 0.05) is 46.2 Å². The van der Waals surface area contributed by atoms with Crippen LogP contribution in [0.4, 0.5) is 0 Å². The fraction of sp³-hybridized carbons (Fsp3) is 0.556. The lowest BCUT2D eigenvalue weighted by Gasteiger charge is -2.34. The minimum absolute atomic E-state index is 0.122. The second-order valence-corrected chi connectivity index (χ2v) is 6.45. The molecule has 0 saturated carbocycles. The summed E-state index contributed by atoms with van der Waals surface area (Å²) in [4.78, 5) is 27.8. The Morgan fingerprint density at radius 1 is 1.12 bits per heavy atom. The van der Waals surface area contributed by atoms with Gasteiger partial charge >= 0.3 is 0 Å². The van der Waals surface area contributed by atoms with Crippen LogP contribution in [-0.2, 0) is 9.59 Å². The van der Waals surface area contributed by atoms with Crippen LogP contribution in [0.1, 0.15) is 13.8 Å². The van der Waals surface area contributed by atoms with Crippen molar-refractivity contribution in [3.63, 3.8) is 0 Å². The van der Waals surface area contributed by atoms with Crippen molar-refractivity contribution in [2.75, 3.05) is 39.3 Å². The Morgan fingerprint density at radius 2 is 1.76 bits per heavy atom. The molecule has 25 heavy (non-hydrogen) atoms. The van der Waals surface area contributed by atoms with Gasteiger partial charge < -0.3 is 19.7 Å². The largest absolute Gasteiger partial charge is 0.482 e. The summed E-state index contributed by atoms with van der Waals surface area (Å²) in [7, 11) is 0. The molecule has 2 heterocycles. The van der Waals surface area contributed by atoms with E-state index in [0.29, 0.717) is 18.0 Å². The third kappa shape index (κ3) is 4.22. The van der Waals surface area contributed by atoms with Crippen molar-refractivity contribution in [2.24, 2.45) is 0 Å². The van der Waals surface area contributed by atoms with Crippen LogP contribution in [0.15, 0.2) is 24.3 Å². The molecule has 2 aliphatic rings. The Balaban J connectivity index is 1.43. The normalized spacial score (nSPS) is 23.2. The monoisotopic (exact) mass is 347 g/mol. The zero-order chi connectivity index (χ0) is 17.8. The molecule has 1 aromatic rings. The van der Waals surface area contributed by atoms with Gasteiger partial charge in [0.25, 0.3) is 5.91 Å². The molecule has 7 heteroatoms. The van der Waals surface area contributed by atoms with E-state index in [1.165, 1.54) is 0 Å². The molecule has 2 aliphatic heterocycles. The summed E-state index contributed by atoms with van der Waals surface area (Å²) in [5.41, 5.74) is 0. The van der Waals surface area contributed by atoms with Gasteiger partial charge in [0.05, 0.1) is 0 Å². The van der Waals surface area contributed by atoms with Crippen LogP contribution in [-0.4, -0.2) is 73.1 Å². The quantitative estimate of drug-likeness (QED) is 0.859. The van der Waals surface area contributed by atoms with Crippen LogP contribution in [0.25, 0.3) is 0 Å². The number of piperazine rings is 1. The van der Waals surface area contributed by atoms with Crippen molar-refractivity contribution in [3.05, 3.63) is 24.3 Å². The van der Waals surface area contributed by atoms with E-state index in [0.717, 1.165) is 32.7 Å². The average Bonchev–Trinajstić information content (AvgIpc) is 2.61. The molecule has 3 rings (SSSR count). The number of fused-ring (bicyclic) bond motifs is 1. The molecular formula is C18H25N3O4. The SMILES string of the molecule is CC(=O)N1CCN(CCNC(=O)[C@@H]2Oc3ccccc3O[C@H]2C)CC1. The summed E-state index contributed by atoms with van der Waals surface area (Å²) in [5, 5.41) is 2.93. The van der Waals surface area contributed by atoms with E-state index in [1.54, 1.807) is 13.0 Å². The maximum absolute atomic E-state index is 12.4. The Morgan fingerprint density at radius 3 is 2.40 bits per heavy atom. The highest BCUT2D eigenvalue weighted by molar-refractivity contribution is 5.82. The number of hydrogen-bond acceptors (Lipinski definition) is 5. The fourth-order valence-corrected chi connectivity index (χ4v) is 3.13. The number of para-hydroxylation sites is 2. The molecule has 1 saturated heterocycles. The van der Waals surface area contributed by atoms with E-state index in [2.05, 4.69) is 10.2 Å². The molecule has 2 amide bonds. The molecule has 0 unspecified atom stereocenters. The number of nitrogens with one attached hydrogen (secondary N) is 1. The first-order valence-electron chi connectivity index (χ1n) is 8.72. The summed E-state index contributed by atoms with van der Waals surface area (Å²) in [5.74, 6) is 1.23. The summed E-state index contributed by atoms with van der Waals surface area (Å²) in [6, 6.07) is 7.37. The molecule has 7 nitrogen and oxygen atoms in total. The highest BCUT2D eigenvalue weighted by Gasteiger charge is 2.33. The molecule has 1 N–H and O–H groups in total. The first-order valence-corrected chi connectivity index (χ1v) is 8.72. The van der Waals surface area contributed by atoms with E-state index < -0.39 is 6.10 Å². The third-order valence-corrected chi connectivity index (χ3v) is 4.65. The molecule has 1 aromatic carbocycles. The number of ether oxygens (including phenoxy) is 2. The molecule has 0 aromatic heterocycles. The smallest absolute Gasteiger partial charge is 0.265 e. The summed E-state index contributed by atoms with van der Waals surface area (Å²) < 4.78 is 11.6. The maximum Gasteiger partial charge on any atom is 0.265 e. The lowest BCUT2D eigenvalue weighted by molar-refractivity contribution is -0.133. The van der Waals surface area contributed by atoms with Gasteiger partial charge in [0.15, 0.2) is 11.5 Å². The van der Waals surface area contributed by atoms with Gasteiger partial charge in [-0.3, -0.25) is 14.5 Å². The zero-order valence-electron chi connectivity index (χ0n) is 14.7. The van der Waals surface area contributed by atoms with E-state index in [9.17, 15) is 9.59 Å². The standard InChI is InChI=1S/C18H25N3O4/c1-13-17(25-16-6-4-3-5-15(16)24-13)18(23)19-7-8-20-9-11-21(12-10-20)14(2)22/h3-6,13,17H,7-12H2,1-2H3,(H,19,23)/t13-,17+/m0/s1. The fourth-order valence-electron chi connectivity index (χ4n) is 3.13. The first kappa shape index (κ1) is 17.5. The number of rotatable bonds is 4. The Labute approximate surface area is 147 Å². The van der Waals surface area contributed by atoms with Crippen LogP contribution in [0.3, 0.4) is 0 Å². The number of hydrogen-bond donors (Lipinski definition) is 1. The molecule has 0 bridgehead atoms. The van der Waals surface area contributed by atoms with E-state index in [1.807, 2.05) is 30.0 Å². The zero-order valence-corrected chi connectivity index (χ0v) is 14.7. The van der Waals surface area contributed by atoms with Crippen molar-refractivity contribution < 1.29 is 19.1 Å². The van der Waals surface area contributed by atoms with Crippen LogP contribution >= 0.6 is 0 Å². The van der Waals surface area contributed by atoms with Gasteiger partial charge in [-0.05, 0) is 19.1 Å². The predicted octanol–water partition coefficient (Wildman–Crippen LogP) is 0.495. The van der Waals surface area contributed by atoms with Crippen molar-refractivity contribution in [1.29, 1.82) is 0 Å². The topological polar surface area (TPSA) is 71.1 Å². The highest BCUT2D eigenvalue weighted by atomic mass is 16.6. The van der Waals surface area contributed by atoms with E-state index in [4.69, 9.17) is 9.47 Å². The molecule has 0 aliphatic carbocycles. The molecule has 2 atom stereocenters. The number of benzene rings is 1. The number of amides is 2. The van der Waals surface area contributed by atoms with Crippen molar-refractivity contribution in [1.82, 2.24) is 15.1 Å². The lowest BCUT2D eigenvalue weighted by atomic mass is 10.1. The van der Waals surface area contributed by atoms with E-state index >= 15 is 0 Å². The lowest BCUT2D eigenvalue weighted by Crippen LogP contribution is -2.52. The maximum atomic E-state index is 12.4. The van der Waals surface area contributed by atoms with Gasteiger partial charge in [0.2, 0.25) is 12.0 Å². The van der Waals surface area contributed by atoms with E-state index in [-0.39, 0.29) is 17.9 Å². The van der Waals surface area contributed by atoms with Gasteiger partial charge in [0.1, 0.15) is 6.10 Å². The Hall–Kier alpha value is -2.28. The molecule has 136 valence electrons. The minimum Gasteiger partial charge on any atom is -0.482 e. The second-order valence-electron chi connectivity index (χ2n) is 6.45. The molecule has 0 spiro atoms.